The lowest BCUT2D eigenvalue weighted by atomic mass is 10.0. The molecule has 0 saturated heterocycles. The Morgan fingerprint density at radius 3 is 2.75 bits per heavy atom. The number of nitrogens with one attached hydrogen (secondary N) is 2. The van der Waals surface area contributed by atoms with Crippen LogP contribution in [-0.2, 0) is 0 Å². The van der Waals surface area contributed by atoms with Crippen molar-refractivity contribution < 1.29 is 14.3 Å². The van der Waals surface area contributed by atoms with Crippen molar-refractivity contribution in [1.82, 2.24) is 15.0 Å². The first-order chi connectivity index (χ1) is 13.5. The largest absolute Gasteiger partial charge is 0.383 e. The van der Waals surface area contributed by atoms with Crippen LogP contribution >= 0.6 is 11.6 Å². The molecule has 0 radical (unpaired) electrons. The van der Waals surface area contributed by atoms with Gasteiger partial charge in [-0.2, -0.15) is 4.39 Å². The Morgan fingerprint density at radius 1 is 1.14 bits per heavy atom. The van der Waals surface area contributed by atoms with E-state index in [1.807, 2.05) is 0 Å². The van der Waals surface area contributed by atoms with Crippen LogP contribution in [0.25, 0.3) is 11.0 Å². The van der Waals surface area contributed by atoms with Gasteiger partial charge in [-0.25, -0.2) is 9.97 Å². The van der Waals surface area contributed by atoms with E-state index in [9.17, 15) is 14.3 Å². The lowest BCUT2D eigenvalue weighted by Gasteiger charge is -2.12. The molecule has 0 bridgehead atoms. The van der Waals surface area contributed by atoms with E-state index in [0.717, 1.165) is 0 Å². The third-order valence-electron chi connectivity index (χ3n) is 4.31. The highest BCUT2D eigenvalue weighted by Gasteiger charge is 2.20. The zero-order chi connectivity index (χ0) is 19.7. The Morgan fingerprint density at radius 2 is 1.96 bits per heavy atom. The van der Waals surface area contributed by atoms with E-state index < -0.39 is 18.0 Å². The number of carbonyl (C=O) groups is 1. The number of hydrogen-bond acceptors (Lipinski definition) is 4. The van der Waals surface area contributed by atoms with Gasteiger partial charge in [-0.3, -0.25) is 4.79 Å². The summed E-state index contributed by atoms with van der Waals surface area (Å²) in [6, 6.07) is 12.8. The molecule has 140 valence electrons. The maximum absolute atomic E-state index is 14.6. The van der Waals surface area contributed by atoms with Gasteiger partial charge in [0.2, 0.25) is 5.95 Å². The van der Waals surface area contributed by atoms with Gasteiger partial charge in [0.25, 0.3) is 5.91 Å². The number of anilines is 1. The summed E-state index contributed by atoms with van der Waals surface area (Å²) in [7, 11) is 0. The van der Waals surface area contributed by atoms with Crippen molar-refractivity contribution in [2.24, 2.45) is 0 Å². The molecule has 0 fully saturated rings. The molecule has 8 heteroatoms. The molecule has 0 aliphatic rings. The Bertz CT molecular complexity index is 1180. The van der Waals surface area contributed by atoms with Gasteiger partial charge in [0.05, 0.1) is 10.6 Å². The van der Waals surface area contributed by atoms with Crippen LogP contribution in [0, 0.1) is 5.95 Å². The summed E-state index contributed by atoms with van der Waals surface area (Å²) in [5, 5.41) is 14.1. The Labute approximate surface area is 164 Å². The van der Waals surface area contributed by atoms with Gasteiger partial charge in [-0.05, 0) is 36.4 Å². The van der Waals surface area contributed by atoms with Crippen LogP contribution in [0.15, 0.2) is 60.9 Å². The second-order valence-electron chi connectivity index (χ2n) is 6.06. The fraction of sp³-hybridized carbons (Fsp3) is 0.0500. The molecule has 1 atom stereocenters. The molecular formula is C20H14ClFN4O2. The number of rotatable bonds is 4. The second kappa shape index (κ2) is 7.38. The van der Waals surface area contributed by atoms with Crippen molar-refractivity contribution in [3.8, 4) is 0 Å². The highest BCUT2D eigenvalue weighted by atomic mass is 35.5. The first kappa shape index (κ1) is 18.1. The van der Waals surface area contributed by atoms with Crippen molar-refractivity contribution in [1.29, 1.82) is 0 Å². The number of carbonyl (C=O) groups excluding carboxylic acids is 1. The first-order valence-electron chi connectivity index (χ1n) is 8.37. The molecule has 1 unspecified atom stereocenters. The lowest BCUT2D eigenvalue weighted by Crippen LogP contribution is -2.14. The van der Waals surface area contributed by atoms with Crippen LogP contribution < -0.4 is 5.32 Å². The minimum Gasteiger partial charge on any atom is -0.383 e. The molecule has 3 aromatic heterocycles. The molecule has 0 aliphatic carbocycles. The van der Waals surface area contributed by atoms with Gasteiger partial charge in [0, 0.05) is 28.9 Å². The van der Waals surface area contributed by atoms with Crippen LogP contribution in [0.4, 0.5) is 10.2 Å². The van der Waals surface area contributed by atoms with E-state index in [1.165, 1.54) is 12.1 Å². The number of benzene rings is 1. The molecule has 3 N–H and O–H groups in total. The fourth-order valence-electron chi connectivity index (χ4n) is 2.92. The molecule has 1 amide bonds. The Hall–Kier alpha value is -3.29. The molecule has 4 rings (SSSR count). The summed E-state index contributed by atoms with van der Waals surface area (Å²) in [6.45, 7) is 0. The number of amides is 1. The molecule has 0 spiro atoms. The van der Waals surface area contributed by atoms with Gasteiger partial charge < -0.3 is 15.4 Å². The monoisotopic (exact) mass is 396 g/mol. The molecule has 1 aromatic carbocycles. The van der Waals surface area contributed by atoms with Crippen LogP contribution in [0.3, 0.4) is 0 Å². The van der Waals surface area contributed by atoms with Crippen LogP contribution in [0.1, 0.15) is 27.6 Å². The van der Waals surface area contributed by atoms with Gasteiger partial charge in [-0.1, -0.05) is 23.7 Å². The molecule has 4 aromatic rings. The molecule has 0 aliphatic heterocycles. The number of nitrogens with zero attached hydrogens (tertiary/aromatic N) is 2. The topological polar surface area (TPSA) is 90.9 Å². The van der Waals surface area contributed by atoms with Gasteiger partial charge in [0.15, 0.2) is 0 Å². The van der Waals surface area contributed by atoms with Crippen LogP contribution in [0.5, 0.6) is 0 Å². The standard InChI is InChI=1S/C20H14ClFN4O2/c21-15-6-2-1-4-12(15)20(28)26-16-8-7-13(18(22)25-16)17(27)14-10-24-19-11(14)5-3-9-23-19/h1-10,17,27H,(H,23,24)(H,25,26,28). The average molecular weight is 397 g/mol. The summed E-state index contributed by atoms with van der Waals surface area (Å²) in [6.07, 6.45) is 1.96. The predicted molar refractivity (Wildman–Crippen MR) is 104 cm³/mol. The summed E-state index contributed by atoms with van der Waals surface area (Å²) in [5.74, 6) is -1.38. The molecule has 0 saturated carbocycles. The number of H-pyrrole nitrogens is 1. The Balaban J connectivity index is 1.59. The van der Waals surface area contributed by atoms with Gasteiger partial charge in [-0.15, -0.1) is 0 Å². The molecule has 6 nitrogen and oxygen atoms in total. The predicted octanol–water partition coefficient (Wildman–Crippen LogP) is 4.08. The second-order valence-corrected chi connectivity index (χ2v) is 6.46. The molecular weight excluding hydrogens is 383 g/mol. The molecule has 28 heavy (non-hydrogen) atoms. The highest BCUT2D eigenvalue weighted by molar-refractivity contribution is 6.34. The van der Waals surface area contributed by atoms with E-state index >= 15 is 0 Å². The smallest absolute Gasteiger partial charge is 0.258 e. The van der Waals surface area contributed by atoms with Crippen LogP contribution in [0.2, 0.25) is 5.02 Å². The molecule has 3 heterocycles. The number of hydrogen-bond donors (Lipinski definition) is 3. The zero-order valence-electron chi connectivity index (χ0n) is 14.4. The third-order valence-corrected chi connectivity index (χ3v) is 4.64. The average Bonchev–Trinajstić information content (AvgIpc) is 3.12. The number of aromatic nitrogens is 3. The van der Waals surface area contributed by atoms with Crippen molar-refractivity contribution >= 4 is 34.4 Å². The number of halogens is 2. The van der Waals surface area contributed by atoms with E-state index in [0.29, 0.717) is 16.6 Å². The SMILES string of the molecule is O=C(Nc1ccc(C(O)c2c[nH]c3ncccc23)c(F)n1)c1ccccc1Cl. The van der Waals surface area contributed by atoms with Crippen molar-refractivity contribution in [2.75, 3.05) is 5.32 Å². The Kier molecular flexibility index (Phi) is 4.77. The quantitative estimate of drug-likeness (QED) is 0.453. The van der Waals surface area contributed by atoms with E-state index in [1.54, 1.807) is 48.8 Å². The number of aliphatic hydroxyl groups excluding tert-OH is 1. The number of aromatic amines is 1. The number of aliphatic hydroxyl groups is 1. The van der Waals surface area contributed by atoms with Crippen molar-refractivity contribution in [3.63, 3.8) is 0 Å². The first-order valence-corrected chi connectivity index (χ1v) is 8.75. The number of pyridine rings is 2. The maximum atomic E-state index is 14.6. The zero-order valence-corrected chi connectivity index (χ0v) is 15.1. The summed E-state index contributed by atoms with van der Waals surface area (Å²) < 4.78 is 14.6. The van der Waals surface area contributed by atoms with Crippen molar-refractivity contribution in [2.45, 2.75) is 6.10 Å². The van der Waals surface area contributed by atoms with Crippen LogP contribution in [-0.4, -0.2) is 26.0 Å². The fourth-order valence-corrected chi connectivity index (χ4v) is 3.14. The lowest BCUT2D eigenvalue weighted by molar-refractivity contribution is 0.102. The number of fused-ring (bicyclic) bond motifs is 1. The van der Waals surface area contributed by atoms with Gasteiger partial charge >= 0.3 is 0 Å². The summed E-state index contributed by atoms with van der Waals surface area (Å²) in [4.78, 5) is 23.1. The van der Waals surface area contributed by atoms with E-state index in [4.69, 9.17) is 11.6 Å². The van der Waals surface area contributed by atoms with E-state index in [-0.39, 0.29) is 22.0 Å². The summed E-state index contributed by atoms with van der Waals surface area (Å²) in [5.41, 5.74) is 1.31. The van der Waals surface area contributed by atoms with Crippen molar-refractivity contribution in [3.05, 3.63) is 88.6 Å². The highest BCUT2D eigenvalue weighted by Crippen LogP contribution is 2.29. The normalized spacial score (nSPS) is 12.1. The van der Waals surface area contributed by atoms with E-state index in [2.05, 4.69) is 20.3 Å². The summed E-state index contributed by atoms with van der Waals surface area (Å²) >= 11 is 5.99. The third kappa shape index (κ3) is 3.33. The minimum absolute atomic E-state index is 0.0129. The van der Waals surface area contributed by atoms with Gasteiger partial charge in [0.1, 0.15) is 17.6 Å². The minimum atomic E-state index is -1.24. The maximum Gasteiger partial charge on any atom is 0.258 e.